The third kappa shape index (κ3) is 4.22. The number of halogens is 4. The van der Waals surface area contributed by atoms with Crippen LogP contribution in [0.2, 0.25) is 4.47 Å². The zero-order valence-electron chi connectivity index (χ0n) is 15.2. The molecule has 0 amide bonds. The minimum absolute atomic E-state index is 0.187. The lowest BCUT2D eigenvalue weighted by Crippen LogP contribution is -2.57. The summed E-state index contributed by atoms with van der Waals surface area (Å²) in [5.41, 5.74) is 0.558. The Morgan fingerprint density at radius 1 is 1.37 bits per heavy atom. The highest BCUT2D eigenvalue weighted by Gasteiger charge is 2.44. The molecule has 1 aromatic carbocycles. The van der Waals surface area contributed by atoms with E-state index in [1.165, 1.54) is 23.5 Å². The molecule has 0 aliphatic carbocycles. The normalized spacial score (nSPS) is 22.1. The van der Waals surface area contributed by atoms with E-state index in [0.29, 0.717) is 23.1 Å². The van der Waals surface area contributed by atoms with Gasteiger partial charge in [-0.25, -0.2) is 4.98 Å². The summed E-state index contributed by atoms with van der Waals surface area (Å²) < 4.78 is 42.1. The van der Waals surface area contributed by atoms with Crippen molar-refractivity contribution in [1.82, 2.24) is 14.9 Å². The first-order chi connectivity index (χ1) is 14.2. The van der Waals surface area contributed by atoms with Gasteiger partial charge in [-0.15, -0.1) is 24.5 Å². The number of hydrogen-bond donors (Lipinski definition) is 1. The average Bonchev–Trinajstić information content (AvgIpc) is 3.09. The summed E-state index contributed by atoms with van der Waals surface area (Å²) in [7, 11) is 0. The Labute approximate surface area is 178 Å². The zero-order valence-corrected chi connectivity index (χ0v) is 16.8. The smallest absolute Gasteiger partial charge is 0.406 e. The Bertz CT molecular complexity index is 1020. The molecule has 2 atom stereocenters. The molecular weight excluding hydrogens is 443 g/mol. The Balaban J connectivity index is 1.70. The third-order valence-corrected chi connectivity index (χ3v) is 5.89. The molecule has 2 aliphatic heterocycles. The summed E-state index contributed by atoms with van der Waals surface area (Å²) in [5, 5.41) is 11.9. The molecule has 0 spiro atoms. The van der Waals surface area contributed by atoms with E-state index in [4.69, 9.17) is 11.6 Å². The van der Waals surface area contributed by atoms with E-state index in [1.54, 1.807) is 23.2 Å². The molecule has 30 heavy (non-hydrogen) atoms. The first kappa shape index (κ1) is 20.9. The van der Waals surface area contributed by atoms with E-state index in [9.17, 15) is 23.2 Å². The highest BCUT2D eigenvalue weighted by atomic mass is 35.5. The molecule has 6 nitrogen and oxygen atoms in total. The van der Waals surface area contributed by atoms with Crippen LogP contribution in [0.1, 0.15) is 16.5 Å². The summed E-state index contributed by atoms with van der Waals surface area (Å²) in [5.74, 6) is -0.892. The van der Waals surface area contributed by atoms with Gasteiger partial charge in [0.15, 0.2) is 4.47 Å². The quantitative estimate of drug-likeness (QED) is 0.737. The summed E-state index contributed by atoms with van der Waals surface area (Å²) in [4.78, 5) is 19.7. The van der Waals surface area contributed by atoms with E-state index >= 15 is 0 Å². The maximum atomic E-state index is 13.1. The highest BCUT2D eigenvalue weighted by Crippen LogP contribution is 2.38. The maximum Gasteiger partial charge on any atom is 0.573 e. The molecule has 1 N–H and O–H groups in total. The lowest BCUT2D eigenvalue weighted by molar-refractivity contribution is -0.274. The van der Waals surface area contributed by atoms with E-state index in [2.05, 4.69) is 9.72 Å². The number of carbonyl (C=O) groups excluding carboxylic acids is 1. The number of thiazole rings is 1. The van der Waals surface area contributed by atoms with Crippen LogP contribution in [0, 0.1) is 0 Å². The van der Waals surface area contributed by atoms with Crippen molar-refractivity contribution in [1.29, 1.82) is 0 Å². The van der Waals surface area contributed by atoms with Crippen LogP contribution in [0.3, 0.4) is 0 Å². The number of Topliss-reactive ketones (excluding diaryl/α,β-unsaturated/α-hetero) is 1. The molecule has 0 saturated carbocycles. The number of allylic oxidation sites excluding steroid dienone is 2. The van der Waals surface area contributed by atoms with Gasteiger partial charge in [0, 0.05) is 24.0 Å². The van der Waals surface area contributed by atoms with Crippen LogP contribution in [0.15, 0.2) is 54.4 Å². The number of ketones is 1. The van der Waals surface area contributed by atoms with Crippen molar-refractivity contribution in [3.63, 3.8) is 0 Å². The van der Waals surface area contributed by atoms with Gasteiger partial charge >= 0.3 is 6.36 Å². The van der Waals surface area contributed by atoms with Crippen LogP contribution >= 0.6 is 22.9 Å². The summed E-state index contributed by atoms with van der Waals surface area (Å²) in [6.07, 6.45) is 1.60. The predicted molar refractivity (Wildman–Crippen MR) is 103 cm³/mol. The molecule has 1 fully saturated rings. The van der Waals surface area contributed by atoms with Crippen molar-refractivity contribution in [2.75, 3.05) is 6.54 Å². The monoisotopic (exact) mass is 457 g/mol. The topological polar surface area (TPSA) is 65.9 Å². The molecule has 4 rings (SSSR count). The summed E-state index contributed by atoms with van der Waals surface area (Å²) in [6.45, 7) is 0.399. The molecule has 3 heterocycles. The van der Waals surface area contributed by atoms with Gasteiger partial charge in [-0.3, -0.25) is 4.79 Å². The van der Waals surface area contributed by atoms with Crippen LogP contribution in [-0.2, 0) is 11.2 Å². The Morgan fingerprint density at radius 2 is 2.17 bits per heavy atom. The number of hydrogen-bond acceptors (Lipinski definition) is 7. The van der Waals surface area contributed by atoms with E-state index in [-0.39, 0.29) is 5.56 Å². The number of alkyl halides is 3. The second kappa shape index (κ2) is 8.03. The standard InChI is InChI=1S/C19H15ClF3N3O3S/c20-18-24-10-13(30-18)9-15-25-7-2-1-6-14(25)17(27)16(26(15)28)11-4-3-5-12(8-11)29-19(21,22)23/h1-6,8,10,15-16,28H,7,9H2. The minimum atomic E-state index is -4.87. The van der Waals surface area contributed by atoms with Crippen LogP contribution < -0.4 is 4.74 Å². The second-order valence-corrected chi connectivity index (χ2v) is 8.36. The van der Waals surface area contributed by atoms with Crippen LogP contribution in [0.25, 0.3) is 0 Å². The number of hydroxylamine groups is 2. The molecule has 2 unspecified atom stereocenters. The van der Waals surface area contributed by atoms with Gasteiger partial charge in [-0.1, -0.05) is 35.9 Å². The lowest BCUT2D eigenvalue weighted by Gasteiger charge is -2.46. The van der Waals surface area contributed by atoms with Crippen molar-refractivity contribution in [3.05, 3.63) is 69.3 Å². The molecule has 0 bridgehead atoms. The SMILES string of the molecule is O=C1C2=CC=CCN2C(Cc2cnc(Cl)s2)N(O)C1c1cccc(OC(F)(F)F)c1. The van der Waals surface area contributed by atoms with Gasteiger partial charge in [-0.2, -0.15) is 5.06 Å². The predicted octanol–water partition coefficient (Wildman–Crippen LogP) is 4.33. The van der Waals surface area contributed by atoms with Crippen molar-refractivity contribution >= 4 is 28.7 Å². The number of ether oxygens (including phenoxy) is 1. The maximum absolute atomic E-state index is 13.1. The third-order valence-electron chi connectivity index (χ3n) is 4.75. The van der Waals surface area contributed by atoms with Crippen LogP contribution in [0.5, 0.6) is 5.75 Å². The second-order valence-electron chi connectivity index (χ2n) is 6.66. The van der Waals surface area contributed by atoms with E-state index < -0.39 is 30.1 Å². The summed E-state index contributed by atoms with van der Waals surface area (Å²) in [6, 6.07) is 3.87. The highest BCUT2D eigenvalue weighted by molar-refractivity contribution is 7.15. The van der Waals surface area contributed by atoms with Crippen LogP contribution in [0.4, 0.5) is 13.2 Å². The molecule has 158 valence electrons. The summed E-state index contributed by atoms with van der Waals surface area (Å²) >= 11 is 7.16. The number of nitrogens with zero attached hydrogens (tertiary/aromatic N) is 3. The molecule has 2 aromatic rings. The van der Waals surface area contributed by atoms with Crippen molar-refractivity contribution in [2.24, 2.45) is 0 Å². The van der Waals surface area contributed by atoms with Gasteiger partial charge in [0.1, 0.15) is 18.0 Å². The molecule has 1 aromatic heterocycles. The van der Waals surface area contributed by atoms with E-state index in [0.717, 1.165) is 22.1 Å². The van der Waals surface area contributed by atoms with Crippen molar-refractivity contribution in [2.45, 2.75) is 25.0 Å². The fourth-order valence-corrected chi connectivity index (χ4v) is 4.56. The van der Waals surface area contributed by atoms with Gasteiger partial charge in [-0.05, 0) is 23.8 Å². The lowest BCUT2D eigenvalue weighted by atomic mass is 9.93. The van der Waals surface area contributed by atoms with Gasteiger partial charge in [0.25, 0.3) is 0 Å². The first-order valence-corrected chi connectivity index (χ1v) is 10.0. The molecular formula is C19H15ClF3N3O3S. The largest absolute Gasteiger partial charge is 0.573 e. The molecule has 11 heteroatoms. The first-order valence-electron chi connectivity index (χ1n) is 8.84. The molecule has 0 radical (unpaired) electrons. The Morgan fingerprint density at radius 3 is 2.87 bits per heavy atom. The molecule has 1 saturated heterocycles. The van der Waals surface area contributed by atoms with Gasteiger partial charge < -0.3 is 14.8 Å². The number of benzene rings is 1. The average molecular weight is 458 g/mol. The minimum Gasteiger partial charge on any atom is -0.406 e. The number of aromatic nitrogens is 1. The van der Waals surface area contributed by atoms with Crippen LogP contribution in [-0.4, -0.2) is 45.0 Å². The van der Waals surface area contributed by atoms with E-state index in [1.807, 2.05) is 6.08 Å². The fourth-order valence-electron chi connectivity index (χ4n) is 3.56. The fraction of sp³-hybridized carbons (Fsp3) is 0.263. The molecule has 2 aliphatic rings. The van der Waals surface area contributed by atoms with Gasteiger partial charge in [0.2, 0.25) is 5.78 Å². The number of carbonyl (C=O) groups is 1. The zero-order chi connectivity index (χ0) is 21.5. The van der Waals surface area contributed by atoms with Gasteiger partial charge in [0.05, 0.1) is 5.70 Å². The number of fused-ring (bicyclic) bond motifs is 1. The Kier molecular flexibility index (Phi) is 5.58. The van der Waals surface area contributed by atoms with Crippen molar-refractivity contribution in [3.8, 4) is 5.75 Å². The number of rotatable bonds is 4. The Hall–Kier alpha value is -2.40. The van der Waals surface area contributed by atoms with Crippen molar-refractivity contribution < 1.29 is 27.9 Å².